The lowest BCUT2D eigenvalue weighted by molar-refractivity contribution is 0.341. The van der Waals surface area contributed by atoms with Gasteiger partial charge in [0.05, 0.1) is 6.07 Å². The van der Waals surface area contributed by atoms with E-state index in [0.717, 1.165) is 19.3 Å². The summed E-state index contributed by atoms with van der Waals surface area (Å²) >= 11 is 2.02. The van der Waals surface area contributed by atoms with Crippen LogP contribution in [-0.2, 0) is 0 Å². The lowest BCUT2D eigenvalue weighted by atomic mass is 9.91. The molecular weight excluding hydrogens is 228 g/mol. The SMILES string of the molecule is CCCCSCCCC(C#N)(CC)NC(C)C. The first kappa shape index (κ1) is 16.8. The van der Waals surface area contributed by atoms with Gasteiger partial charge in [-0.3, -0.25) is 5.32 Å². The van der Waals surface area contributed by atoms with Crippen molar-refractivity contribution in [3.8, 4) is 6.07 Å². The van der Waals surface area contributed by atoms with Crippen molar-refractivity contribution in [3.05, 3.63) is 0 Å². The van der Waals surface area contributed by atoms with Gasteiger partial charge in [0.25, 0.3) is 0 Å². The van der Waals surface area contributed by atoms with E-state index in [0.29, 0.717) is 6.04 Å². The minimum Gasteiger partial charge on any atom is -0.297 e. The molecule has 0 aromatic carbocycles. The summed E-state index contributed by atoms with van der Waals surface area (Å²) < 4.78 is 0. The predicted octanol–water partition coefficient (Wildman–Crippen LogP) is 3.97. The fraction of sp³-hybridized carbons (Fsp3) is 0.929. The molecule has 0 fully saturated rings. The molecule has 17 heavy (non-hydrogen) atoms. The molecule has 0 aliphatic heterocycles. The normalized spacial score (nSPS) is 14.6. The van der Waals surface area contributed by atoms with E-state index in [1.54, 1.807) is 0 Å². The maximum Gasteiger partial charge on any atom is 0.106 e. The standard InChI is InChI=1S/C14H28N2S/c1-5-7-10-17-11-8-9-14(6-2,12-15)16-13(3)4/h13,16H,5-11H2,1-4H3. The van der Waals surface area contributed by atoms with Gasteiger partial charge in [0.2, 0.25) is 0 Å². The van der Waals surface area contributed by atoms with E-state index in [4.69, 9.17) is 0 Å². The lowest BCUT2D eigenvalue weighted by Gasteiger charge is -2.29. The van der Waals surface area contributed by atoms with Crippen molar-refractivity contribution in [3.63, 3.8) is 0 Å². The minimum absolute atomic E-state index is 0.306. The van der Waals surface area contributed by atoms with Crippen LogP contribution in [0.25, 0.3) is 0 Å². The molecule has 1 atom stereocenters. The second-order valence-electron chi connectivity index (χ2n) is 4.92. The first-order valence-electron chi connectivity index (χ1n) is 6.87. The van der Waals surface area contributed by atoms with Crippen molar-refractivity contribution in [1.29, 1.82) is 5.26 Å². The Morgan fingerprint density at radius 3 is 2.35 bits per heavy atom. The lowest BCUT2D eigenvalue weighted by Crippen LogP contribution is -2.47. The van der Waals surface area contributed by atoms with Gasteiger partial charge < -0.3 is 0 Å². The van der Waals surface area contributed by atoms with Gasteiger partial charge in [-0.15, -0.1) is 0 Å². The molecule has 1 N–H and O–H groups in total. The molecule has 3 heteroatoms. The molecule has 0 radical (unpaired) electrons. The zero-order valence-electron chi connectivity index (χ0n) is 11.9. The van der Waals surface area contributed by atoms with Gasteiger partial charge in [-0.1, -0.05) is 20.3 Å². The third kappa shape index (κ3) is 7.68. The Morgan fingerprint density at radius 2 is 1.88 bits per heavy atom. The van der Waals surface area contributed by atoms with Crippen LogP contribution in [0.5, 0.6) is 0 Å². The highest BCUT2D eigenvalue weighted by Crippen LogP contribution is 2.19. The summed E-state index contributed by atoms with van der Waals surface area (Å²) in [5.74, 6) is 2.45. The molecule has 0 spiro atoms. The zero-order chi connectivity index (χ0) is 13.1. The Labute approximate surface area is 112 Å². The molecule has 0 bridgehead atoms. The van der Waals surface area contributed by atoms with E-state index in [2.05, 4.69) is 39.1 Å². The number of thioether (sulfide) groups is 1. The van der Waals surface area contributed by atoms with Crippen LogP contribution in [0.3, 0.4) is 0 Å². The van der Waals surface area contributed by atoms with Crippen LogP contribution in [0, 0.1) is 11.3 Å². The van der Waals surface area contributed by atoms with E-state index >= 15 is 0 Å². The number of hydrogen-bond acceptors (Lipinski definition) is 3. The first-order valence-corrected chi connectivity index (χ1v) is 8.02. The Morgan fingerprint density at radius 1 is 1.24 bits per heavy atom. The van der Waals surface area contributed by atoms with Crippen LogP contribution in [-0.4, -0.2) is 23.1 Å². The van der Waals surface area contributed by atoms with E-state index in [9.17, 15) is 5.26 Å². The van der Waals surface area contributed by atoms with Gasteiger partial charge in [0.1, 0.15) is 5.54 Å². The molecule has 0 aliphatic rings. The van der Waals surface area contributed by atoms with Crippen molar-refractivity contribution < 1.29 is 0 Å². The summed E-state index contributed by atoms with van der Waals surface area (Å²) in [6.07, 6.45) is 5.58. The number of hydrogen-bond donors (Lipinski definition) is 1. The van der Waals surface area contributed by atoms with Crippen LogP contribution >= 0.6 is 11.8 Å². The Kier molecular flexibility index (Phi) is 9.68. The number of unbranched alkanes of at least 4 members (excludes halogenated alkanes) is 1. The van der Waals surface area contributed by atoms with Gasteiger partial charge >= 0.3 is 0 Å². The van der Waals surface area contributed by atoms with Crippen LogP contribution in [0.4, 0.5) is 0 Å². The largest absolute Gasteiger partial charge is 0.297 e. The van der Waals surface area contributed by atoms with E-state index in [-0.39, 0.29) is 5.54 Å². The van der Waals surface area contributed by atoms with Crippen molar-refractivity contribution in [2.24, 2.45) is 0 Å². The summed E-state index contributed by atoms with van der Waals surface area (Å²) in [6, 6.07) is 2.86. The van der Waals surface area contributed by atoms with E-state index in [1.807, 2.05) is 11.8 Å². The smallest absolute Gasteiger partial charge is 0.106 e. The van der Waals surface area contributed by atoms with Gasteiger partial charge in [0, 0.05) is 6.04 Å². The number of nitrogens with zero attached hydrogens (tertiary/aromatic N) is 1. The molecular formula is C14H28N2S. The topological polar surface area (TPSA) is 35.8 Å². The predicted molar refractivity (Wildman–Crippen MR) is 78.4 cm³/mol. The van der Waals surface area contributed by atoms with Crippen LogP contribution in [0.1, 0.15) is 59.8 Å². The summed E-state index contributed by atoms with van der Waals surface area (Å²) in [7, 11) is 0. The third-order valence-electron chi connectivity index (χ3n) is 2.92. The first-order chi connectivity index (χ1) is 8.10. The van der Waals surface area contributed by atoms with Crippen molar-refractivity contribution >= 4 is 11.8 Å². The quantitative estimate of drug-likeness (QED) is 0.601. The molecule has 0 rings (SSSR count). The van der Waals surface area contributed by atoms with Crippen LogP contribution in [0.2, 0.25) is 0 Å². The highest BCUT2D eigenvalue weighted by molar-refractivity contribution is 7.99. The number of nitrogens with one attached hydrogen (secondary N) is 1. The summed E-state index contributed by atoms with van der Waals surface area (Å²) in [5, 5.41) is 12.8. The molecule has 0 heterocycles. The van der Waals surface area contributed by atoms with Crippen LogP contribution in [0.15, 0.2) is 0 Å². The van der Waals surface area contributed by atoms with Crippen LogP contribution < -0.4 is 5.32 Å². The Hall–Kier alpha value is -0.200. The monoisotopic (exact) mass is 256 g/mol. The zero-order valence-corrected chi connectivity index (χ0v) is 12.7. The van der Waals surface area contributed by atoms with E-state index in [1.165, 1.54) is 24.3 Å². The van der Waals surface area contributed by atoms with Gasteiger partial charge in [-0.05, 0) is 51.0 Å². The minimum atomic E-state index is -0.306. The second-order valence-corrected chi connectivity index (χ2v) is 6.14. The third-order valence-corrected chi connectivity index (χ3v) is 4.07. The molecule has 0 amide bonds. The average molecular weight is 256 g/mol. The van der Waals surface area contributed by atoms with Crippen molar-refractivity contribution in [2.75, 3.05) is 11.5 Å². The maximum atomic E-state index is 9.35. The highest BCUT2D eigenvalue weighted by Gasteiger charge is 2.27. The maximum absolute atomic E-state index is 9.35. The Balaban J connectivity index is 3.89. The number of rotatable bonds is 10. The molecule has 0 aromatic heterocycles. The highest BCUT2D eigenvalue weighted by atomic mass is 32.2. The van der Waals surface area contributed by atoms with E-state index < -0.39 is 0 Å². The average Bonchev–Trinajstić information content (AvgIpc) is 2.31. The molecule has 0 saturated heterocycles. The Bertz CT molecular complexity index is 223. The van der Waals surface area contributed by atoms with Crippen molar-refractivity contribution in [1.82, 2.24) is 5.32 Å². The molecule has 0 aromatic rings. The summed E-state index contributed by atoms with van der Waals surface area (Å²) in [5.41, 5.74) is -0.306. The summed E-state index contributed by atoms with van der Waals surface area (Å²) in [6.45, 7) is 8.54. The van der Waals surface area contributed by atoms with Gasteiger partial charge in [-0.2, -0.15) is 17.0 Å². The van der Waals surface area contributed by atoms with Gasteiger partial charge in [0.15, 0.2) is 0 Å². The molecule has 0 saturated carbocycles. The second kappa shape index (κ2) is 9.79. The summed E-state index contributed by atoms with van der Waals surface area (Å²) in [4.78, 5) is 0. The fourth-order valence-electron chi connectivity index (χ4n) is 1.90. The van der Waals surface area contributed by atoms with Crippen molar-refractivity contribution in [2.45, 2.75) is 71.4 Å². The molecule has 0 aliphatic carbocycles. The number of nitriles is 1. The van der Waals surface area contributed by atoms with Gasteiger partial charge in [-0.25, -0.2) is 0 Å². The molecule has 2 nitrogen and oxygen atoms in total. The molecule has 100 valence electrons. The fourth-order valence-corrected chi connectivity index (χ4v) is 2.94. The molecule has 1 unspecified atom stereocenters.